The van der Waals surface area contributed by atoms with Gasteiger partial charge in [0.1, 0.15) is 17.0 Å². The van der Waals surface area contributed by atoms with Crippen LogP contribution in [0.2, 0.25) is 5.02 Å². The summed E-state index contributed by atoms with van der Waals surface area (Å²) in [5.74, 6) is -0.459. The number of nitrogens with zero attached hydrogens (tertiary/aromatic N) is 1. The number of hydrogen-bond donors (Lipinski definition) is 3. The van der Waals surface area contributed by atoms with Gasteiger partial charge in [0.15, 0.2) is 0 Å². The van der Waals surface area contributed by atoms with Crippen LogP contribution in [0.1, 0.15) is 40.2 Å². The molecule has 12 heteroatoms. The molecule has 3 aromatic carbocycles. The van der Waals surface area contributed by atoms with E-state index in [-0.39, 0.29) is 31.7 Å². The fourth-order valence-corrected chi connectivity index (χ4v) is 4.87. The van der Waals surface area contributed by atoms with Crippen LogP contribution in [0.3, 0.4) is 0 Å². The van der Waals surface area contributed by atoms with Crippen LogP contribution in [0.4, 0.5) is 18.9 Å². The molecule has 1 fully saturated rings. The van der Waals surface area contributed by atoms with Gasteiger partial charge in [0.2, 0.25) is 5.91 Å². The van der Waals surface area contributed by atoms with Gasteiger partial charge in [-0.1, -0.05) is 39.7 Å². The molecule has 4 aromatic rings. The van der Waals surface area contributed by atoms with Crippen molar-refractivity contribution >= 4 is 56.1 Å². The lowest BCUT2D eigenvalue weighted by Crippen LogP contribution is -2.40. The van der Waals surface area contributed by atoms with E-state index in [2.05, 4.69) is 36.5 Å². The summed E-state index contributed by atoms with van der Waals surface area (Å²) in [7, 11) is 1.47. The van der Waals surface area contributed by atoms with Crippen molar-refractivity contribution in [2.75, 3.05) is 12.4 Å². The average molecular weight is 636 g/mol. The van der Waals surface area contributed by atoms with Crippen LogP contribution in [0.5, 0.6) is 5.75 Å². The van der Waals surface area contributed by atoms with Gasteiger partial charge in [0.05, 0.1) is 23.7 Å². The quantitative estimate of drug-likeness (QED) is 0.199. The first-order valence-corrected chi connectivity index (χ1v) is 13.4. The predicted molar refractivity (Wildman–Crippen MR) is 149 cm³/mol. The van der Waals surface area contributed by atoms with E-state index in [0.29, 0.717) is 50.0 Å². The Morgan fingerprint density at radius 2 is 1.85 bits per heavy atom. The number of carbonyl (C=O) groups excluding carboxylic acids is 2. The molecule has 0 radical (unpaired) electrons. The van der Waals surface area contributed by atoms with Gasteiger partial charge in [0, 0.05) is 34.2 Å². The summed E-state index contributed by atoms with van der Waals surface area (Å²) in [4.78, 5) is 33.0. The molecule has 0 unspecified atom stereocenters. The number of hydrogen-bond acceptors (Lipinski definition) is 4. The minimum atomic E-state index is -4.56. The van der Waals surface area contributed by atoms with Crippen molar-refractivity contribution in [1.82, 2.24) is 15.3 Å². The van der Waals surface area contributed by atoms with E-state index < -0.39 is 17.5 Å². The zero-order chi connectivity index (χ0) is 28.7. The summed E-state index contributed by atoms with van der Waals surface area (Å²) in [6, 6.07) is 15.5. The van der Waals surface area contributed by atoms with Crippen molar-refractivity contribution in [3.05, 3.63) is 86.6 Å². The summed E-state index contributed by atoms with van der Waals surface area (Å²) in [5.41, 5.74) is 1.13. The van der Waals surface area contributed by atoms with Crippen LogP contribution >= 0.6 is 27.5 Å². The molecule has 3 N–H and O–H groups in total. The lowest BCUT2D eigenvalue weighted by molar-refractivity contribution is -0.192. The number of rotatable bonds is 8. The number of halogens is 5. The number of benzene rings is 3. The molecule has 2 amide bonds. The molecule has 7 nitrogen and oxygen atoms in total. The van der Waals surface area contributed by atoms with Gasteiger partial charge >= 0.3 is 6.18 Å². The number of imidazole rings is 1. The van der Waals surface area contributed by atoms with Gasteiger partial charge in [-0.2, -0.15) is 13.2 Å². The number of nitrogens with one attached hydrogen (secondary N) is 3. The second-order valence-electron chi connectivity index (χ2n) is 9.58. The Labute approximate surface area is 240 Å². The monoisotopic (exact) mass is 634 g/mol. The minimum Gasteiger partial charge on any atom is -0.496 e. The number of H-pyrrole nitrogens is 1. The third kappa shape index (κ3) is 5.66. The Bertz CT molecular complexity index is 1600. The van der Waals surface area contributed by atoms with Crippen LogP contribution in [-0.4, -0.2) is 35.1 Å². The van der Waals surface area contributed by atoms with E-state index >= 15 is 0 Å². The Kier molecular flexibility index (Phi) is 7.54. The average Bonchev–Trinajstić information content (AvgIpc) is 3.65. The van der Waals surface area contributed by atoms with Crippen LogP contribution in [0.25, 0.3) is 11.0 Å². The van der Waals surface area contributed by atoms with Gasteiger partial charge < -0.3 is 20.4 Å². The van der Waals surface area contributed by atoms with Crippen LogP contribution in [0.15, 0.2) is 59.1 Å². The predicted octanol–water partition coefficient (Wildman–Crippen LogP) is 6.79. The largest absolute Gasteiger partial charge is 0.496 e. The second-order valence-corrected chi connectivity index (χ2v) is 10.9. The van der Waals surface area contributed by atoms with Crippen molar-refractivity contribution in [1.29, 1.82) is 0 Å². The maximum atomic E-state index is 13.2. The van der Waals surface area contributed by atoms with E-state index in [1.54, 1.807) is 42.5 Å². The molecular weight excluding hydrogens is 613 g/mol. The molecule has 1 heterocycles. The number of alkyl halides is 3. The summed E-state index contributed by atoms with van der Waals surface area (Å²) in [6.07, 6.45) is -4.67. The van der Waals surface area contributed by atoms with Crippen molar-refractivity contribution in [2.45, 2.75) is 32.0 Å². The third-order valence-corrected chi connectivity index (χ3v) is 7.74. The molecule has 1 aliphatic rings. The summed E-state index contributed by atoms with van der Waals surface area (Å²) < 4.78 is 46.0. The number of aromatic amines is 1. The number of ether oxygens (including phenoxy) is 1. The fraction of sp³-hybridized carbons (Fsp3) is 0.250. The van der Waals surface area contributed by atoms with E-state index in [9.17, 15) is 22.8 Å². The highest BCUT2D eigenvalue weighted by atomic mass is 79.9. The van der Waals surface area contributed by atoms with Gasteiger partial charge in [-0.25, -0.2) is 4.98 Å². The van der Waals surface area contributed by atoms with Crippen molar-refractivity contribution in [3.63, 3.8) is 0 Å². The highest BCUT2D eigenvalue weighted by Crippen LogP contribution is 2.57. The summed E-state index contributed by atoms with van der Waals surface area (Å²) in [5, 5.41) is 5.69. The molecule has 1 aromatic heterocycles. The maximum Gasteiger partial charge on any atom is 0.403 e. The van der Waals surface area contributed by atoms with Gasteiger partial charge in [-0.15, -0.1) is 0 Å². The van der Waals surface area contributed by atoms with E-state index in [0.717, 1.165) is 4.47 Å². The Morgan fingerprint density at radius 1 is 1.12 bits per heavy atom. The van der Waals surface area contributed by atoms with Gasteiger partial charge in [-0.3, -0.25) is 9.59 Å². The molecule has 0 atom stereocenters. The first-order chi connectivity index (χ1) is 19.0. The van der Waals surface area contributed by atoms with Crippen molar-refractivity contribution in [3.8, 4) is 5.75 Å². The fourth-order valence-electron chi connectivity index (χ4n) is 4.42. The smallest absolute Gasteiger partial charge is 0.403 e. The lowest BCUT2D eigenvalue weighted by atomic mass is 10.0. The van der Waals surface area contributed by atoms with Crippen molar-refractivity contribution < 1.29 is 27.5 Å². The van der Waals surface area contributed by atoms with E-state index in [4.69, 9.17) is 16.3 Å². The molecule has 40 heavy (non-hydrogen) atoms. The normalized spacial score (nSPS) is 14.2. The molecule has 0 saturated heterocycles. The van der Waals surface area contributed by atoms with Crippen LogP contribution in [-0.2, 0) is 17.8 Å². The lowest BCUT2D eigenvalue weighted by Gasteiger charge is -2.18. The SMILES string of the molecule is COc1cc2nc(Cc3cc(CNC(=O)C4(C(F)(F)F)CC4)ccc3Cl)[nH]c2cc1C(=O)Nc1ccc(Br)cc1. The standard InChI is InChI=1S/C28H23BrClF3N4O3/c1-40-23-13-22-21(12-19(23)25(38)35-18-5-3-17(29)4-6-18)36-24(37-22)11-16-10-15(2-7-20(16)30)14-34-26(39)27(8-9-27)28(31,32)33/h2-7,10,12-13H,8-9,11,14H2,1H3,(H,34,39)(H,35,38)(H,36,37). The number of carbonyl (C=O) groups is 2. The zero-order valence-corrected chi connectivity index (χ0v) is 23.4. The Morgan fingerprint density at radius 3 is 2.50 bits per heavy atom. The first kappa shape index (κ1) is 28.0. The molecule has 0 aliphatic heterocycles. The molecule has 5 rings (SSSR count). The Hall–Kier alpha value is -3.57. The highest BCUT2D eigenvalue weighted by molar-refractivity contribution is 9.10. The molecule has 1 aliphatic carbocycles. The third-order valence-electron chi connectivity index (χ3n) is 6.85. The number of anilines is 1. The minimum absolute atomic E-state index is 0.0605. The summed E-state index contributed by atoms with van der Waals surface area (Å²) in [6.45, 7) is -0.0605. The maximum absolute atomic E-state index is 13.2. The number of amides is 2. The molecule has 208 valence electrons. The van der Waals surface area contributed by atoms with E-state index in [1.165, 1.54) is 7.11 Å². The highest BCUT2D eigenvalue weighted by Gasteiger charge is 2.68. The van der Waals surface area contributed by atoms with Gasteiger partial charge in [-0.05, 0) is 60.4 Å². The van der Waals surface area contributed by atoms with Crippen LogP contribution in [0, 0.1) is 5.41 Å². The zero-order valence-electron chi connectivity index (χ0n) is 21.1. The first-order valence-electron chi connectivity index (χ1n) is 12.2. The summed E-state index contributed by atoms with van der Waals surface area (Å²) >= 11 is 9.76. The molecule has 0 bridgehead atoms. The molecule has 0 spiro atoms. The Balaban J connectivity index is 1.32. The van der Waals surface area contributed by atoms with Crippen molar-refractivity contribution in [2.24, 2.45) is 5.41 Å². The second kappa shape index (κ2) is 10.8. The number of aromatic nitrogens is 2. The topological polar surface area (TPSA) is 96.1 Å². The molecular formula is C28H23BrClF3N4O3. The van der Waals surface area contributed by atoms with Gasteiger partial charge in [0.25, 0.3) is 5.91 Å². The number of methoxy groups -OCH3 is 1. The van der Waals surface area contributed by atoms with Crippen LogP contribution < -0.4 is 15.4 Å². The number of fused-ring (bicyclic) bond motifs is 1. The molecule has 1 saturated carbocycles. The van der Waals surface area contributed by atoms with E-state index in [1.807, 2.05) is 12.1 Å².